The van der Waals surface area contributed by atoms with Gasteiger partial charge in [-0.25, -0.2) is 9.97 Å². The topological polar surface area (TPSA) is 83.3 Å². The van der Waals surface area contributed by atoms with Crippen LogP contribution in [0.4, 0.5) is 19.0 Å². The molecule has 1 atom stereocenters. The number of nitrogens with zero attached hydrogens (tertiary/aromatic N) is 6. The number of hydrogen-bond acceptors (Lipinski definition) is 5. The SMILES string of the molecule is CN=C(NCc1ncnn1C)NC1CCN(c2ncc(C(F)(F)F)cc2Cl)C1. The number of anilines is 1. The van der Waals surface area contributed by atoms with Crippen molar-refractivity contribution in [3.63, 3.8) is 0 Å². The number of hydrogen-bond donors (Lipinski definition) is 2. The third-order valence-electron chi connectivity index (χ3n) is 4.42. The lowest BCUT2D eigenvalue weighted by Crippen LogP contribution is -2.44. The number of rotatable bonds is 4. The quantitative estimate of drug-likeness (QED) is 0.584. The molecule has 12 heteroatoms. The minimum absolute atomic E-state index is 0.0136. The molecule has 1 aliphatic rings. The van der Waals surface area contributed by atoms with Crippen LogP contribution in [-0.2, 0) is 19.8 Å². The summed E-state index contributed by atoms with van der Waals surface area (Å²) >= 11 is 6.04. The molecular formula is C16H20ClF3N8. The van der Waals surface area contributed by atoms with Gasteiger partial charge in [-0.05, 0) is 12.5 Å². The van der Waals surface area contributed by atoms with Crippen LogP contribution in [0.2, 0.25) is 5.02 Å². The van der Waals surface area contributed by atoms with Crippen molar-refractivity contribution < 1.29 is 13.2 Å². The van der Waals surface area contributed by atoms with E-state index in [1.54, 1.807) is 18.8 Å². The van der Waals surface area contributed by atoms with Crippen LogP contribution in [0.1, 0.15) is 17.8 Å². The number of halogens is 4. The summed E-state index contributed by atoms with van der Waals surface area (Å²) in [6.07, 6.45) is -1.42. The fraction of sp³-hybridized carbons (Fsp3) is 0.500. The van der Waals surface area contributed by atoms with Crippen LogP contribution in [-0.4, -0.2) is 51.9 Å². The Morgan fingerprint density at radius 3 is 2.79 bits per heavy atom. The van der Waals surface area contributed by atoms with Gasteiger partial charge in [0, 0.05) is 39.4 Å². The van der Waals surface area contributed by atoms with Gasteiger partial charge in [0.05, 0.1) is 17.1 Å². The van der Waals surface area contributed by atoms with Gasteiger partial charge in [0.15, 0.2) is 5.96 Å². The molecular weight excluding hydrogens is 397 g/mol. The fourth-order valence-electron chi connectivity index (χ4n) is 2.92. The number of aromatic nitrogens is 4. The van der Waals surface area contributed by atoms with Crippen molar-refractivity contribution in [2.24, 2.45) is 12.0 Å². The number of nitrogens with one attached hydrogen (secondary N) is 2. The standard InChI is InChI=1S/C16H20ClF3N8/c1-21-15(23-7-13-24-9-25-27(13)2)26-11-3-4-28(8-11)14-12(17)5-10(6-22-14)16(18,19)20/h5-6,9,11H,3-4,7-8H2,1-2H3,(H2,21,23,26). The summed E-state index contributed by atoms with van der Waals surface area (Å²) in [5.74, 6) is 1.71. The van der Waals surface area contributed by atoms with Crippen molar-refractivity contribution in [3.8, 4) is 0 Å². The third-order valence-corrected chi connectivity index (χ3v) is 4.70. The molecule has 0 aliphatic carbocycles. The number of aryl methyl sites for hydroxylation is 1. The van der Waals surface area contributed by atoms with Gasteiger partial charge >= 0.3 is 6.18 Å². The molecule has 0 spiro atoms. The number of guanidine groups is 1. The summed E-state index contributed by atoms with van der Waals surface area (Å²) in [7, 11) is 3.46. The van der Waals surface area contributed by atoms with Crippen molar-refractivity contribution in [2.45, 2.75) is 25.2 Å². The van der Waals surface area contributed by atoms with Gasteiger partial charge in [0.1, 0.15) is 18.0 Å². The van der Waals surface area contributed by atoms with E-state index in [2.05, 4.69) is 30.7 Å². The second-order valence-electron chi connectivity index (χ2n) is 6.33. The average molecular weight is 417 g/mol. The molecule has 0 radical (unpaired) electrons. The summed E-state index contributed by atoms with van der Waals surface area (Å²) in [5.41, 5.74) is -0.858. The highest BCUT2D eigenvalue weighted by Gasteiger charge is 2.33. The first-order valence-corrected chi connectivity index (χ1v) is 8.93. The van der Waals surface area contributed by atoms with Gasteiger partial charge in [-0.3, -0.25) is 9.67 Å². The van der Waals surface area contributed by atoms with Crippen molar-refractivity contribution in [1.29, 1.82) is 0 Å². The zero-order valence-corrected chi connectivity index (χ0v) is 16.1. The normalized spacial score (nSPS) is 17.9. The zero-order chi connectivity index (χ0) is 20.3. The molecule has 152 valence electrons. The van der Waals surface area contributed by atoms with E-state index in [4.69, 9.17) is 11.6 Å². The van der Waals surface area contributed by atoms with E-state index in [0.717, 1.165) is 24.5 Å². The van der Waals surface area contributed by atoms with E-state index in [0.29, 0.717) is 31.4 Å². The first-order chi connectivity index (χ1) is 13.3. The zero-order valence-electron chi connectivity index (χ0n) is 15.3. The molecule has 28 heavy (non-hydrogen) atoms. The van der Waals surface area contributed by atoms with E-state index in [1.165, 1.54) is 6.33 Å². The molecule has 3 rings (SSSR count). The first kappa shape index (κ1) is 20.2. The van der Waals surface area contributed by atoms with E-state index in [-0.39, 0.29) is 11.1 Å². The molecule has 2 aromatic rings. The van der Waals surface area contributed by atoms with Gasteiger partial charge in [-0.1, -0.05) is 11.6 Å². The molecule has 8 nitrogen and oxygen atoms in total. The molecule has 1 fully saturated rings. The Morgan fingerprint density at radius 2 is 2.18 bits per heavy atom. The molecule has 2 N–H and O–H groups in total. The van der Waals surface area contributed by atoms with Crippen molar-refractivity contribution in [3.05, 3.63) is 35.0 Å². The summed E-state index contributed by atoms with van der Waals surface area (Å²) in [6.45, 7) is 1.62. The maximum Gasteiger partial charge on any atom is 0.417 e. The second kappa shape index (κ2) is 8.21. The molecule has 0 saturated carbocycles. The fourth-order valence-corrected chi connectivity index (χ4v) is 3.21. The average Bonchev–Trinajstić information content (AvgIpc) is 3.26. The largest absolute Gasteiger partial charge is 0.417 e. The van der Waals surface area contributed by atoms with Crippen LogP contribution in [0.15, 0.2) is 23.6 Å². The van der Waals surface area contributed by atoms with Crippen molar-refractivity contribution in [2.75, 3.05) is 25.0 Å². The Kier molecular flexibility index (Phi) is 5.92. The molecule has 1 saturated heterocycles. The van der Waals surface area contributed by atoms with Gasteiger partial charge in [0.2, 0.25) is 0 Å². The number of pyridine rings is 1. The summed E-state index contributed by atoms with van der Waals surface area (Å²) in [6, 6.07) is 0.956. The maximum atomic E-state index is 12.8. The predicted octanol–water partition coefficient (Wildman–Crippen LogP) is 1.83. The van der Waals surface area contributed by atoms with E-state index >= 15 is 0 Å². The Bertz CT molecular complexity index is 851. The smallest absolute Gasteiger partial charge is 0.353 e. The molecule has 1 aliphatic heterocycles. The lowest BCUT2D eigenvalue weighted by Gasteiger charge is -2.21. The Hall–Kier alpha value is -2.56. The van der Waals surface area contributed by atoms with Crippen molar-refractivity contribution >= 4 is 23.4 Å². The minimum Gasteiger partial charge on any atom is -0.353 e. The monoisotopic (exact) mass is 416 g/mol. The maximum absolute atomic E-state index is 12.8. The second-order valence-corrected chi connectivity index (χ2v) is 6.74. The Morgan fingerprint density at radius 1 is 1.39 bits per heavy atom. The van der Waals surface area contributed by atoms with Gasteiger partial charge < -0.3 is 15.5 Å². The van der Waals surface area contributed by atoms with Gasteiger partial charge in [0.25, 0.3) is 0 Å². The molecule has 0 amide bonds. The van der Waals surface area contributed by atoms with Crippen LogP contribution in [0.5, 0.6) is 0 Å². The van der Waals surface area contributed by atoms with Crippen LogP contribution in [0, 0.1) is 0 Å². The summed E-state index contributed by atoms with van der Waals surface area (Å²) < 4.78 is 40.0. The highest BCUT2D eigenvalue weighted by Crippen LogP contribution is 2.34. The molecule has 3 heterocycles. The third kappa shape index (κ3) is 4.64. The summed E-state index contributed by atoms with van der Waals surface area (Å²) in [5, 5.41) is 10.4. The number of alkyl halides is 3. The highest BCUT2D eigenvalue weighted by molar-refractivity contribution is 6.33. The van der Waals surface area contributed by atoms with E-state index in [9.17, 15) is 13.2 Å². The molecule has 2 aromatic heterocycles. The van der Waals surface area contributed by atoms with Crippen LogP contribution in [0.25, 0.3) is 0 Å². The minimum atomic E-state index is -4.47. The summed E-state index contributed by atoms with van der Waals surface area (Å²) in [4.78, 5) is 14.1. The van der Waals surface area contributed by atoms with Crippen LogP contribution >= 0.6 is 11.6 Å². The van der Waals surface area contributed by atoms with Crippen LogP contribution < -0.4 is 15.5 Å². The van der Waals surface area contributed by atoms with Gasteiger partial charge in [-0.2, -0.15) is 18.3 Å². The lowest BCUT2D eigenvalue weighted by atomic mass is 10.2. The molecule has 1 unspecified atom stereocenters. The van der Waals surface area contributed by atoms with E-state index < -0.39 is 11.7 Å². The Labute approximate surface area is 164 Å². The highest BCUT2D eigenvalue weighted by atomic mass is 35.5. The van der Waals surface area contributed by atoms with Gasteiger partial charge in [-0.15, -0.1) is 0 Å². The Balaban J connectivity index is 1.58. The van der Waals surface area contributed by atoms with Crippen molar-refractivity contribution in [1.82, 2.24) is 30.4 Å². The van der Waals surface area contributed by atoms with Crippen LogP contribution in [0.3, 0.4) is 0 Å². The molecule has 0 aromatic carbocycles. The number of aliphatic imine (C=N–C) groups is 1. The first-order valence-electron chi connectivity index (χ1n) is 8.55. The predicted molar refractivity (Wildman–Crippen MR) is 99.2 cm³/mol. The molecule has 0 bridgehead atoms. The van der Waals surface area contributed by atoms with E-state index in [1.807, 2.05) is 4.90 Å². The lowest BCUT2D eigenvalue weighted by molar-refractivity contribution is -0.137.